The lowest BCUT2D eigenvalue weighted by atomic mass is 10.2. The maximum Gasteiger partial charge on any atom is 0.259 e. The molecule has 24 heavy (non-hydrogen) atoms. The molecule has 3 rings (SSSR count). The first kappa shape index (κ1) is 16.5. The van der Waals surface area contributed by atoms with E-state index in [1.165, 1.54) is 21.6 Å². The van der Waals surface area contributed by atoms with Gasteiger partial charge < -0.3 is 10.0 Å². The fourth-order valence-electron chi connectivity index (χ4n) is 2.45. The number of carbonyl (C=O) groups excluding carboxylic acids is 2. The van der Waals surface area contributed by atoms with Crippen molar-refractivity contribution in [3.63, 3.8) is 0 Å². The zero-order valence-electron chi connectivity index (χ0n) is 13.2. The molecule has 0 saturated heterocycles. The number of aliphatic hydroxyl groups excluding tert-OH is 1. The highest BCUT2D eigenvalue weighted by molar-refractivity contribution is 7.99. The van der Waals surface area contributed by atoms with Gasteiger partial charge in [0.2, 0.25) is 5.91 Å². The van der Waals surface area contributed by atoms with E-state index in [9.17, 15) is 9.59 Å². The number of rotatable bonds is 4. The second-order valence-corrected chi connectivity index (χ2v) is 6.39. The summed E-state index contributed by atoms with van der Waals surface area (Å²) in [5, 5.41) is 9.68. The van der Waals surface area contributed by atoms with Crippen molar-refractivity contribution >= 4 is 29.3 Å². The number of anilines is 1. The fraction of sp³-hybridized carbons (Fsp3) is 0.235. The van der Waals surface area contributed by atoms with E-state index < -0.39 is 0 Å². The van der Waals surface area contributed by atoms with Gasteiger partial charge in [-0.05, 0) is 24.3 Å². The molecule has 1 aromatic carbocycles. The van der Waals surface area contributed by atoms with Crippen molar-refractivity contribution in [2.75, 3.05) is 31.6 Å². The SMILES string of the molecule is CN(CCO)C(=O)CN1C(=O)c2ccccc2Sc2ncccc21. The smallest absolute Gasteiger partial charge is 0.259 e. The number of pyridine rings is 1. The summed E-state index contributed by atoms with van der Waals surface area (Å²) in [6, 6.07) is 10.8. The molecular weight excluding hydrogens is 326 g/mol. The van der Waals surface area contributed by atoms with Crippen LogP contribution in [0.25, 0.3) is 0 Å². The van der Waals surface area contributed by atoms with Crippen molar-refractivity contribution in [3.8, 4) is 0 Å². The second kappa shape index (κ2) is 7.02. The van der Waals surface area contributed by atoms with Crippen LogP contribution in [0.4, 0.5) is 5.69 Å². The van der Waals surface area contributed by atoms with Crippen molar-refractivity contribution in [1.82, 2.24) is 9.88 Å². The molecule has 1 aliphatic heterocycles. The van der Waals surface area contributed by atoms with Crippen molar-refractivity contribution in [1.29, 1.82) is 0 Å². The molecule has 0 radical (unpaired) electrons. The lowest BCUT2D eigenvalue weighted by Crippen LogP contribution is -2.42. The van der Waals surface area contributed by atoms with Gasteiger partial charge in [-0.15, -0.1) is 0 Å². The standard InChI is InChI=1S/C17H17N3O3S/c1-19(9-10-21)15(22)11-20-13-6-4-8-18-16(13)24-14-7-3-2-5-12(14)17(20)23/h2-8,21H,9-11H2,1H3. The molecule has 124 valence electrons. The van der Waals surface area contributed by atoms with Gasteiger partial charge >= 0.3 is 0 Å². The van der Waals surface area contributed by atoms with Crippen molar-refractivity contribution in [3.05, 3.63) is 48.2 Å². The number of nitrogens with zero attached hydrogens (tertiary/aromatic N) is 3. The maximum absolute atomic E-state index is 13.0. The van der Waals surface area contributed by atoms with Crippen LogP contribution in [0.3, 0.4) is 0 Å². The number of aromatic nitrogens is 1. The van der Waals surface area contributed by atoms with Gasteiger partial charge in [0, 0.05) is 24.7 Å². The molecule has 1 aromatic heterocycles. The van der Waals surface area contributed by atoms with E-state index in [0.29, 0.717) is 16.3 Å². The van der Waals surface area contributed by atoms with Gasteiger partial charge in [-0.1, -0.05) is 23.9 Å². The number of hydrogen-bond donors (Lipinski definition) is 1. The molecule has 0 saturated carbocycles. The molecule has 7 heteroatoms. The highest BCUT2D eigenvalue weighted by Gasteiger charge is 2.29. The number of carbonyl (C=O) groups is 2. The van der Waals surface area contributed by atoms with Crippen molar-refractivity contribution in [2.45, 2.75) is 9.92 Å². The highest BCUT2D eigenvalue weighted by Crippen LogP contribution is 2.39. The number of benzene rings is 1. The van der Waals surface area contributed by atoms with Crippen molar-refractivity contribution in [2.24, 2.45) is 0 Å². The van der Waals surface area contributed by atoms with Gasteiger partial charge in [0.15, 0.2) is 0 Å². The molecule has 6 nitrogen and oxygen atoms in total. The Morgan fingerprint density at radius 1 is 1.29 bits per heavy atom. The summed E-state index contributed by atoms with van der Waals surface area (Å²) in [7, 11) is 1.60. The molecule has 2 aromatic rings. The minimum atomic E-state index is -0.239. The molecule has 2 amide bonds. The van der Waals surface area contributed by atoms with E-state index >= 15 is 0 Å². The third-order valence-corrected chi connectivity index (χ3v) is 4.85. The first-order valence-corrected chi connectivity index (χ1v) is 8.32. The third kappa shape index (κ3) is 3.13. The second-order valence-electron chi connectivity index (χ2n) is 5.36. The summed E-state index contributed by atoms with van der Waals surface area (Å²) >= 11 is 1.42. The Balaban J connectivity index is 2.00. The maximum atomic E-state index is 13.0. The predicted molar refractivity (Wildman–Crippen MR) is 91.2 cm³/mol. The summed E-state index contributed by atoms with van der Waals surface area (Å²) in [4.78, 5) is 33.4. The minimum absolute atomic E-state index is 0.0943. The van der Waals surface area contributed by atoms with E-state index in [2.05, 4.69) is 4.98 Å². The normalized spacial score (nSPS) is 13.1. The molecule has 2 heterocycles. The average molecular weight is 343 g/mol. The van der Waals surface area contributed by atoms with Crippen LogP contribution in [0.2, 0.25) is 0 Å². The van der Waals surface area contributed by atoms with Crippen LogP contribution in [0, 0.1) is 0 Å². The number of hydrogen-bond acceptors (Lipinski definition) is 5. The molecule has 0 aliphatic carbocycles. The largest absolute Gasteiger partial charge is 0.395 e. The predicted octanol–water partition coefficient (Wildman–Crippen LogP) is 1.64. The van der Waals surface area contributed by atoms with E-state index in [4.69, 9.17) is 5.11 Å². The molecule has 0 spiro atoms. The summed E-state index contributed by atoms with van der Waals surface area (Å²) in [6.07, 6.45) is 1.67. The van der Waals surface area contributed by atoms with Crippen LogP contribution >= 0.6 is 11.8 Å². The lowest BCUT2D eigenvalue weighted by molar-refractivity contribution is -0.128. The van der Waals surface area contributed by atoms with Gasteiger partial charge in [-0.3, -0.25) is 14.5 Å². The summed E-state index contributed by atoms with van der Waals surface area (Å²) in [5.41, 5.74) is 1.17. The van der Waals surface area contributed by atoms with Crippen LogP contribution < -0.4 is 4.90 Å². The Labute approximate surface area is 144 Å². The minimum Gasteiger partial charge on any atom is -0.395 e. The van der Waals surface area contributed by atoms with Gasteiger partial charge in [0.25, 0.3) is 5.91 Å². The van der Waals surface area contributed by atoms with Gasteiger partial charge in [0.1, 0.15) is 11.6 Å². The van der Waals surface area contributed by atoms with Gasteiger partial charge in [-0.25, -0.2) is 4.98 Å². The zero-order chi connectivity index (χ0) is 17.1. The number of aliphatic hydroxyl groups is 1. The molecule has 0 fully saturated rings. The first-order valence-electron chi connectivity index (χ1n) is 7.50. The lowest BCUT2D eigenvalue weighted by Gasteiger charge is -2.24. The van der Waals surface area contributed by atoms with Crippen LogP contribution in [-0.4, -0.2) is 53.5 Å². The van der Waals surface area contributed by atoms with E-state index in [1.54, 1.807) is 37.5 Å². The third-order valence-electron chi connectivity index (χ3n) is 3.77. The molecule has 1 N–H and O–H groups in total. The summed E-state index contributed by atoms with van der Waals surface area (Å²) < 4.78 is 0. The Kier molecular flexibility index (Phi) is 4.82. The van der Waals surface area contributed by atoms with Gasteiger partial charge in [0.05, 0.1) is 17.9 Å². The molecule has 0 unspecified atom stereocenters. The Morgan fingerprint density at radius 2 is 2.08 bits per heavy atom. The Morgan fingerprint density at radius 3 is 2.88 bits per heavy atom. The monoisotopic (exact) mass is 343 g/mol. The number of likely N-dealkylation sites (N-methyl/N-ethyl adjacent to an activating group) is 1. The van der Waals surface area contributed by atoms with Crippen LogP contribution in [0.1, 0.15) is 10.4 Å². The highest BCUT2D eigenvalue weighted by atomic mass is 32.2. The quantitative estimate of drug-likeness (QED) is 0.914. The summed E-state index contributed by atoms with van der Waals surface area (Å²) in [5.74, 6) is -0.466. The Bertz CT molecular complexity index is 781. The van der Waals surface area contributed by atoms with Gasteiger partial charge in [-0.2, -0.15) is 0 Å². The average Bonchev–Trinajstić information content (AvgIpc) is 2.71. The molecule has 0 bridgehead atoms. The topological polar surface area (TPSA) is 73.7 Å². The van der Waals surface area contributed by atoms with Crippen LogP contribution in [0.15, 0.2) is 52.5 Å². The molecular formula is C17H17N3O3S. The van der Waals surface area contributed by atoms with E-state index in [-0.39, 0.29) is 31.5 Å². The van der Waals surface area contributed by atoms with Crippen LogP contribution in [0.5, 0.6) is 0 Å². The Hall–Kier alpha value is -2.38. The number of fused-ring (bicyclic) bond motifs is 2. The molecule has 0 atom stereocenters. The summed E-state index contributed by atoms with van der Waals surface area (Å²) in [6.45, 7) is 0.0159. The molecule has 1 aliphatic rings. The van der Waals surface area contributed by atoms with E-state index in [1.807, 2.05) is 12.1 Å². The van der Waals surface area contributed by atoms with Crippen LogP contribution in [-0.2, 0) is 4.79 Å². The zero-order valence-corrected chi connectivity index (χ0v) is 14.0. The first-order chi connectivity index (χ1) is 11.6. The fourth-order valence-corrected chi connectivity index (χ4v) is 3.46. The van der Waals surface area contributed by atoms with Crippen molar-refractivity contribution < 1.29 is 14.7 Å². The van der Waals surface area contributed by atoms with E-state index in [0.717, 1.165) is 4.90 Å². The number of amides is 2.